The highest BCUT2D eigenvalue weighted by Crippen LogP contribution is 1.93. The van der Waals surface area contributed by atoms with Crippen LogP contribution in [0.3, 0.4) is 0 Å². The maximum Gasteiger partial charge on any atom is 0.197 e. The van der Waals surface area contributed by atoms with Crippen LogP contribution < -0.4 is 0 Å². The molecule has 0 aliphatic rings. The summed E-state index contributed by atoms with van der Waals surface area (Å²) in [5.74, 6) is 0. The molecule has 0 fully saturated rings. The molecule has 0 unspecified atom stereocenters. The van der Waals surface area contributed by atoms with Gasteiger partial charge in [0.1, 0.15) is 7.05 Å². The van der Waals surface area contributed by atoms with Crippen LogP contribution in [-0.2, 0) is 0 Å². The average Bonchev–Trinajstić information content (AvgIpc) is 1.83. The van der Waals surface area contributed by atoms with Gasteiger partial charge in [-0.05, 0) is 17.2 Å². The van der Waals surface area contributed by atoms with Gasteiger partial charge in [-0.3, -0.25) is 4.68 Å². The summed E-state index contributed by atoms with van der Waals surface area (Å²) in [6, 6.07) is 0. The Bertz CT molecular complexity index is 98.6. The molecular formula is C5H10N2S. The van der Waals surface area contributed by atoms with Gasteiger partial charge in [-0.1, -0.05) is 13.6 Å². The van der Waals surface area contributed by atoms with E-state index in [1.807, 2.05) is 12.6 Å². The van der Waals surface area contributed by atoms with Crippen LogP contribution in [0.15, 0.2) is 12.0 Å². The van der Waals surface area contributed by atoms with Crippen molar-refractivity contribution in [3.05, 3.63) is 17.4 Å². The fraction of sp³-hybridized carbons (Fsp3) is 0.400. The smallest absolute Gasteiger partial charge is 0.197 e. The first-order valence-corrected chi connectivity index (χ1v) is 3.18. The van der Waals surface area contributed by atoms with E-state index in [1.165, 1.54) is 11.8 Å². The lowest BCUT2D eigenvalue weighted by Crippen LogP contribution is -1.94. The molecule has 0 radical (unpaired) electrons. The van der Waals surface area contributed by atoms with Gasteiger partial charge in [0, 0.05) is 0 Å². The molecule has 0 saturated carbocycles. The Kier molecular flexibility index (Phi) is 4.45. The third kappa shape index (κ3) is 3.74. The van der Waals surface area contributed by atoms with Gasteiger partial charge in [0.25, 0.3) is 0 Å². The van der Waals surface area contributed by atoms with Crippen LogP contribution in [-0.4, -0.2) is 24.3 Å². The minimum Gasteiger partial charge on any atom is -0.444 e. The van der Waals surface area contributed by atoms with Gasteiger partial charge in [-0.15, -0.1) is 0 Å². The van der Waals surface area contributed by atoms with Gasteiger partial charge in [0.15, 0.2) is 5.55 Å². The highest BCUT2D eigenvalue weighted by Gasteiger charge is 1.74. The molecule has 0 aliphatic carbocycles. The molecule has 0 atom stereocenters. The van der Waals surface area contributed by atoms with Crippen molar-refractivity contribution < 1.29 is 4.68 Å². The molecule has 46 valence electrons. The van der Waals surface area contributed by atoms with E-state index in [4.69, 9.17) is 0 Å². The number of nitrogens with zero attached hydrogens (tertiary/aromatic N) is 2. The molecule has 0 heterocycles. The van der Waals surface area contributed by atoms with E-state index in [1.54, 1.807) is 17.1 Å². The predicted molar refractivity (Wildman–Crippen MR) is 39.3 cm³/mol. The van der Waals surface area contributed by atoms with Crippen LogP contribution in [0.5, 0.6) is 0 Å². The topological polar surface area (TPSA) is 17.1 Å². The maximum atomic E-state index is 3.84. The fourth-order valence-electron chi connectivity index (χ4n) is 0.178. The standard InChI is InChI=1S/C5H10N2S/c1-4-8-5-7(3)6-2/h4-5H,1H2,2-3H3/b7-5-. The number of hydrogen-bond acceptors (Lipinski definition) is 1. The summed E-state index contributed by atoms with van der Waals surface area (Å²) in [4.78, 5) is 0. The fourth-order valence-corrected chi connectivity index (χ4v) is 0.535. The van der Waals surface area contributed by atoms with E-state index < -0.39 is 0 Å². The Morgan fingerprint density at radius 3 is 2.75 bits per heavy atom. The maximum absolute atomic E-state index is 3.84. The number of thioether (sulfide) groups is 1. The molecule has 0 spiro atoms. The minimum atomic E-state index is 1.51. The van der Waals surface area contributed by atoms with Crippen LogP contribution in [0.2, 0.25) is 0 Å². The van der Waals surface area contributed by atoms with E-state index in [-0.39, 0.29) is 0 Å². The van der Waals surface area contributed by atoms with Crippen LogP contribution in [0.1, 0.15) is 0 Å². The van der Waals surface area contributed by atoms with Crippen molar-refractivity contribution >= 4 is 17.3 Å². The van der Waals surface area contributed by atoms with Crippen molar-refractivity contribution in [1.29, 1.82) is 0 Å². The van der Waals surface area contributed by atoms with Gasteiger partial charge in [0.2, 0.25) is 0 Å². The van der Waals surface area contributed by atoms with Crippen molar-refractivity contribution in [2.75, 3.05) is 14.1 Å². The lowest BCUT2D eigenvalue weighted by molar-refractivity contribution is -0.434. The molecule has 0 aromatic carbocycles. The molecule has 0 rings (SSSR count). The average molecular weight is 130 g/mol. The zero-order valence-corrected chi connectivity index (χ0v) is 5.98. The van der Waals surface area contributed by atoms with E-state index in [2.05, 4.69) is 12.0 Å². The lowest BCUT2D eigenvalue weighted by atomic mass is 11.3. The highest BCUT2D eigenvalue weighted by atomic mass is 32.2. The molecule has 0 N–H and O–H groups in total. The van der Waals surface area contributed by atoms with E-state index in [0.717, 1.165) is 0 Å². The van der Waals surface area contributed by atoms with E-state index in [0.29, 0.717) is 0 Å². The molecule has 0 aromatic rings. The predicted octanol–water partition coefficient (Wildman–Crippen LogP) is 1.45. The summed E-state index contributed by atoms with van der Waals surface area (Å²) in [5.41, 5.74) is 5.70. The van der Waals surface area contributed by atoms with Crippen molar-refractivity contribution in [2.24, 2.45) is 0 Å². The SMILES string of the molecule is C=CS/C=[N+](/C)[N-]C. The summed E-state index contributed by atoms with van der Waals surface area (Å²) in [6.07, 6.45) is 0. The number of hydrogen-bond donors (Lipinski definition) is 0. The lowest BCUT2D eigenvalue weighted by Gasteiger charge is -2.02. The summed E-state index contributed by atoms with van der Waals surface area (Å²) >= 11 is 1.51. The Morgan fingerprint density at radius 2 is 2.38 bits per heavy atom. The van der Waals surface area contributed by atoms with Crippen molar-refractivity contribution in [1.82, 2.24) is 0 Å². The second kappa shape index (κ2) is 4.71. The van der Waals surface area contributed by atoms with Crippen molar-refractivity contribution in [3.8, 4) is 0 Å². The van der Waals surface area contributed by atoms with Crippen molar-refractivity contribution in [2.45, 2.75) is 0 Å². The summed E-state index contributed by atoms with van der Waals surface area (Å²) < 4.78 is 1.73. The first-order chi connectivity index (χ1) is 3.81. The summed E-state index contributed by atoms with van der Waals surface area (Å²) in [6.45, 7) is 3.53. The van der Waals surface area contributed by atoms with E-state index >= 15 is 0 Å². The molecule has 3 heteroatoms. The Morgan fingerprint density at radius 1 is 1.75 bits per heavy atom. The number of rotatable bonds is 3. The molecule has 2 nitrogen and oxygen atoms in total. The normalized spacial score (nSPS) is 11.0. The Balaban J connectivity index is 3.40. The first-order valence-electron chi connectivity index (χ1n) is 2.23. The molecule has 0 amide bonds. The van der Waals surface area contributed by atoms with Crippen LogP contribution >= 0.6 is 11.8 Å². The highest BCUT2D eigenvalue weighted by molar-refractivity contribution is 8.14. The van der Waals surface area contributed by atoms with Gasteiger partial charge in [0.05, 0.1) is 0 Å². The third-order valence-corrected chi connectivity index (χ3v) is 1.24. The van der Waals surface area contributed by atoms with Gasteiger partial charge >= 0.3 is 0 Å². The van der Waals surface area contributed by atoms with Crippen molar-refractivity contribution in [3.63, 3.8) is 0 Å². The summed E-state index contributed by atoms with van der Waals surface area (Å²) in [5, 5.41) is 1.75. The monoisotopic (exact) mass is 130 g/mol. The quantitative estimate of drug-likeness (QED) is 0.244. The Hall–Kier alpha value is -0.440. The molecule has 0 saturated heterocycles. The van der Waals surface area contributed by atoms with Gasteiger partial charge in [-0.2, -0.15) is 0 Å². The van der Waals surface area contributed by atoms with Gasteiger partial charge in [-0.25, -0.2) is 0 Å². The van der Waals surface area contributed by atoms with Crippen LogP contribution in [0, 0.1) is 0 Å². The second-order valence-corrected chi connectivity index (χ2v) is 2.00. The van der Waals surface area contributed by atoms with E-state index in [9.17, 15) is 0 Å². The largest absolute Gasteiger partial charge is 0.444 e. The minimum absolute atomic E-state index is 1.51. The second-order valence-electron chi connectivity index (χ2n) is 1.18. The zero-order chi connectivity index (χ0) is 6.41. The molecule has 0 aromatic heterocycles. The van der Waals surface area contributed by atoms with Crippen LogP contribution in [0.25, 0.3) is 5.43 Å². The molecule has 0 bridgehead atoms. The van der Waals surface area contributed by atoms with Crippen LogP contribution in [0.4, 0.5) is 0 Å². The molecular weight excluding hydrogens is 120 g/mol. The third-order valence-electron chi connectivity index (χ3n) is 0.625. The first kappa shape index (κ1) is 7.56. The zero-order valence-electron chi connectivity index (χ0n) is 5.16. The molecule has 0 aliphatic heterocycles. The molecule has 8 heavy (non-hydrogen) atoms. The summed E-state index contributed by atoms with van der Waals surface area (Å²) in [7, 11) is 3.61. The Labute approximate surface area is 54.3 Å². The van der Waals surface area contributed by atoms with Gasteiger partial charge < -0.3 is 5.43 Å².